The van der Waals surface area contributed by atoms with Crippen LogP contribution in [0.4, 0.5) is 0 Å². The monoisotopic (exact) mass is 239 g/mol. The van der Waals surface area contributed by atoms with E-state index in [0.717, 1.165) is 4.90 Å². The Kier molecular flexibility index (Phi) is 2.68. The Labute approximate surface area is 97.5 Å². The molecule has 0 aromatic heterocycles. The first-order chi connectivity index (χ1) is 7.54. The maximum Gasteiger partial charge on any atom is 0.244 e. The summed E-state index contributed by atoms with van der Waals surface area (Å²) >= 11 is 5.32. The number of amides is 2. The summed E-state index contributed by atoms with van der Waals surface area (Å²) in [5, 5.41) is -0.701. The molecule has 2 aliphatic rings. The van der Waals surface area contributed by atoms with Gasteiger partial charge < -0.3 is 0 Å². The lowest BCUT2D eigenvalue weighted by molar-refractivity contribution is -0.144. The molecule has 0 aromatic carbocycles. The van der Waals surface area contributed by atoms with Gasteiger partial charge in [-0.15, -0.1) is 0 Å². The van der Waals surface area contributed by atoms with Crippen molar-refractivity contribution in [2.75, 3.05) is 0 Å². The van der Waals surface area contributed by atoms with Crippen molar-refractivity contribution >= 4 is 28.7 Å². The quantitative estimate of drug-likeness (QED) is 0.531. The fourth-order valence-electron chi connectivity index (χ4n) is 1.99. The first kappa shape index (κ1) is 11.1. The molecule has 0 spiro atoms. The van der Waals surface area contributed by atoms with Gasteiger partial charge in [0.25, 0.3) is 0 Å². The highest BCUT2D eigenvalue weighted by Crippen LogP contribution is 2.32. The smallest absolute Gasteiger partial charge is 0.244 e. The molecule has 1 fully saturated rings. The van der Waals surface area contributed by atoms with Crippen molar-refractivity contribution in [3.63, 3.8) is 0 Å². The first-order valence-corrected chi connectivity index (χ1v) is 5.33. The van der Waals surface area contributed by atoms with Crippen LogP contribution in [0.3, 0.4) is 0 Å². The number of halogens is 1. The maximum atomic E-state index is 11.9. The van der Waals surface area contributed by atoms with Gasteiger partial charge in [-0.3, -0.25) is 19.3 Å². The fourth-order valence-corrected chi connectivity index (χ4v) is 2.09. The van der Waals surface area contributed by atoms with Crippen molar-refractivity contribution < 1.29 is 14.4 Å². The van der Waals surface area contributed by atoms with Crippen LogP contribution in [0.5, 0.6) is 0 Å². The number of carbonyl (C=O) groups excluding carboxylic acids is 3. The molecule has 1 aliphatic heterocycles. The third-order valence-electron chi connectivity index (χ3n) is 2.90. The molecule has 2 amide bonds. The van der Waals surface area contributed by atoms with Crippen molar-refractivity contribution in [2.24, 2.45) is 11.8 Å². The summed E-state index contributed by atoms with van der Waals surface area (Å²) in [7, 11) is 0. The molecular weight excluding hydrogens is 230 g/mol. The molecule has 0 radical (unpaired) electrons. The SMILES string of the molecule is CC(C(=O)Cl)N1C(=O)C2C=CC=CC2C1=O. The summed E-state index contributed by atoms with van der Waals surface area (Å²) in [6.45, 7) is 1.45. The van der Waals surface area contributed by atoms with E-state index in [0.29, 0.717) is 0 Å². The largest absolute Gasteiger partial charge is 0.279 e. The van der Waals surface area contributed by atoms with Gasteiger partial charge in [-0.1, -0.05) is 24.3 Å². The van der Waals surface area contributed by atoms with E-state index in [1.165, 1.54) is 6.92 Å². The number of hydrogen-bond acceptors (Lipinski definition) is 3. The molecule has 1 saturated heterocycles. The number of fused-ring (bicyclic) bond motifs is 1. The van der Waals surface area contributed by atoms with Gasteiger partial charge >= 0.3 is 0 Å². The van der Waals surface area contributed by atoms with E-state index in [2.05, 4.69) is 0 Å². The summed E-state index contributed by atoms with van der Waals surface area (Å²) in [6, 6.07) is -0.894. The Hall–Kier alpha value is -1.42. The lowest BCUT2D eigenvalue weighted by Crippen LogP contribution is -2.42. The lowest BCUT2D eigenvalue weighted by Gasteiger charge is -2.18. The standard InChI is InChI=1S/C11H10ClNO3/c1-6(9(12)14)13-10(15)7-4-2-3-5-8(7)11(13)16/h2-8H,1H3. The van der Waals surface area contributed by atoms with Crippen LogP contribution in [0.15, 0.2) is 24.3 Å². The zero-order valence-corrected chi connectivity index (χ0v) is 9.35. The van der Waals surface area contributed by atoms with Crippen molar-refractivity contribution in [3.05, 3.63) is 24.3 Å². The fraction of sp³-hybridized carbons (Fsp3) is 0.364. The van der Waals surface area contributed by atoms with Gasteiger partial charge in [-0.05, 0) is 18.5 Å². The third kappa shape index (κ3) is 1.50. The molecule has 1 aliphatic carbocycles. The molecule has 0 saturated carbocycles. The summed E-state index contributed by atoms with van der Waals surface area (Å²) < 4.78 is 0. The molecule has 4 nitrogen and oxygen atoms in total. The molecule has 3 atom stereocenters. The van der Waals surface area contributed by atoms with Gasteiger partial charge in [0.2, 0.25) is 17.1 Å². The minimum Gasteiger partial charge on any atom is -0.279 e. The van der Waals surface area contributed by atoms with Crippen LogP contribution in [0, 0.1) is 11.8 Å². The summed E-state index contributed by atoms with van der Waals surface area (Å²) in [5.74, 6) is -1.65. The molecule has 2 rings (SSSR count). The minimum atomic E-state index is -0.894. The second-order valence-corrected chi connectivity index (χ2v) is 4.22. The number of hydrogen-bond donors (Lipinski definition) is 0. The number of carbonyl (C=O) groups is 3. The van der Waals surface area contributed by atoms with Gasteiger partial charge in [0, 0.05) is 0 Å². The number of rotatable bonds is 2. The predicted octanol–water partition coefficient (Wildman–Crippen LogP) is 0.867. The molecule has 3 unspecified atom stereocenters. The highest BCUT2D eigenvalue weighted by molar-refractivity contribution is 6.65. The Bertz CT molecular complexity index is 397. The van der Waals surface area contributed by atoms with Gasteiger partial charge in [-0.2, -0.15) is 0 Å². The zero-order valence-electron chi connectivity index (χ0n) is 8.59. The van der Waals surface area contributed by atoms with Crippen LogP contribution in [-0.2, 0) is 14.4 Å². The number of likely N-dealkylation sites (tertiary alicyclic amines) is 1. The van der Waals surface area contributed by atoms with Crippen LogP contribution in [0.25, 0.3) is 0 Å². The average molecular weight is 240 g/mol. The van der Waals surface area contributed by atoms with Crippen LogP contribution >= 0.6 is 11.6 Å². The molecule has 0 N–H and O–H groups in total. The topological polar surface area (TPSA) is 54.5 Å². The minimum absolute atomic E-state index is 0.350. The number of nitrogens with zero attached hydrogens (tertiary/aromatic N) is 1. The summed E-state index contributed by atoms with van der Waals surface area (Å²) in [4.78, 5) is 35.8. The summed E-state index contributed by atoms with van der Waals surface area (Å²) in [6.07, 6.45) is 6.80. The van der Waals surface area contributed by atoms with Gasteiger partial charge in [-0.25, -0.2) is 0 Å². The Morgan fingerprint density at radius 1 is 1.25 bits per heavy atom. The molecular formula is C11H10ClNO3. The lowest BCUT2D eigenvalue weighted by atomic mass is 9.91. The normalized spacial score (nSPS) is 29.5. The van der Waals surface area contributed by atoms with E-state index in [-0.39, 0.29) is 11.8 Å². The summed E-state index contributed by atoms with van der Waals surface area (Å²) in [5.41, 5.74) is 0. The van der Waals surface area contributed by atoms with Gasteiger partial charge in [0.15, 0.2) is 0 Å². The van der Waals surface area contributed by atoms with Crippen LogP contribution < -0.4 is 0 Å². The van der Waals surface area contributed by atoms with E-state index < -0.39 is 23.1 Å². The van der Waals surface area contributed by atoms with Crippen LogP contribution in [0.1, 0.15) is 6.92 Å². The molecule has 1 heterocycles. The Morgan fingerprint density at radius 3 is 2.06 bits per heavy atom. The molecule has 0 bridgehead atoms. The zero-order chi connectivity index (χ0) is 11.9. The molecule has 84 valence electrons. The Morgan fingerprint density at radius 2 is 1.69 bits per heavy atom. The second-order valence-electron chi connectivity index (χ2n) is 3.85. The van der Waals surface area contributed by atoms with E-state index in [9.17, 15) is 14.4 Å². The van der Waals surface area contributed by atoms with Crippen molar-refractivity contribution in [2.45, 2.75) is 13.0 Å². The van der Waals surface area contributed by atoms with E-state index in [4.69, 9.17) is 11.6 Å². The van der Waals surface area contributed by atoms with Crippen LogP contribution in [0.2, 0.25) is 0 Å². The predicted molar refractivity (Wildman–Crippen MR) is 57.4 cm³/mol. The first-order valence-electron chi connectivity index (χ1n) is 4.95. The second kappa shape index (κ2) is 3.87. The van der Waals surface area contributed by atoms with Crippen molar-refractivity contribution in [3.8, 4) is 0 Å². The molecule has 5 heteroatoms. The van der Waals surface area contributed by atoms with Gasteiger partial charge in [0.05, 0.1) is 11.8 Å². The van der Waals surface area contributed by atoms with E-state index >= 15 is 0 Å². The van der Waals surface area contributed by atoms with Crippen molar-refractivity contribution in [1.82, 2.24) is 4.90 Å². The van der Waals surface area contributed by atoms with Crippen LogP contribution in [-0.4, -0.2) is 28.0 Å². The van der Waals surface area contributed by atoms with Gasteiger partial charge in [0.1, 0.15) is 6.04 Å². The number of allylic oxidation sites excluding steroid dienone is 2. The van der Waals surface area contributed by atoms with Crippen molar-refractivity contribution in [1.29, 1.82) is 0 Å². The Balaban J connectivity index is 2.33. The molecule has 0 aromatic rings. The maximum absolute atomic E-state index is 11.9. The highest BCUT2D eigenvalue weighted by Gasteiger charge is 2.48. The highest BCUT2D eigenvalue weighted by atomic mass is 35.5. The van der Waals surface area contributed by atoms with E-state index in [1.807, 2.05) is 0 Å². The number of imide groups is 1. The molecule has 16 heavy (non-hydrogen) atoms. The average Bonchev–Trinajstić information content (AvgIpc) is 2.52. The third-order valence-corrected chi connectivity index (χ3v) is 3.21. The van der Waals surface area contributed by atoms with E-state index in [1.54, 1.807) is 24.3 Å².